The number of benzene rings is 1. The molecular formula is C14H14F2N2O2. The summed E-state index contributed by atoms with van der Waals surface area (Å²) in [5.41, 5.74) is 0.869. The Bertz CT molecular complexity index is 609. The topological polar surface area (TPSA) is 38.5 Å². The Morgan fingerprint density at radius 2 is 2.15 bits per heavy atom. The average molecular weight is 280 g/mol. The van der Waals surface area contributed by atoms with Gasteiger partial charge in [0, 0.05) is 31.8 Å². The smallest absolute Gasteiger partial charge is 0.167 e. The molecule has 0 atom stereocenters. The molecule has 2 aromatic rings. The van der Waals surface area contributed by atoms with Crippen LogP contribution in [0.5, 0.6) is 5.75 Å². The van der Waals surface area contributed by atoms with Crippen LogP contribution in [0.2, 0.25) is 0 Å². The van der Waals surface area contributed by atoms with E-state index in [2.05, 4.69) is 10.1 Å². The fourth-order valence-corrected chi connectivity index (χ4v) is 2.20. The highest BCUT2D eigenvalue weighted by atomic mass is 19.1. The predicted octanol–water partition coefficient (Wildman–Crippen LogP) is 2.52. The molecule has 0 radical (unpaired) electrons. The molecule has 6 heteroatoms. The van der Waals surface area contributed by atoms with Crippen molar-refractivity contribution >= 4 is 0 Å². The molecule has 0 bridgehead atoms. The summed E-state index contributed by atoms with van der Waals surface area (Å²) in [5.74, 6) is -0.405. The normalized spacial score (nSPS) is 16.1. The minimum atomic E-state index is -0.671. The van der Waals surface area contributed by atoms with Gasteiger partial charge in [-0.3, -0.25) is 4.90 Å². The summed E-state index contributed by atoms with van der Waals surface area (Å²) in [7, 11) is 0. The Labute approximate surface area is 114 Å². The highest BCUT2D eigenvalue weighted by Crippen LogP contribution is 2.23. The number of aryl methyl sites for hydroxylation is 1. The number of halogens is 2. The fraction of sp³-hybridized carbons (Fsp3) is 0.357. The molecule has 2 heterocycles. The molecule has 0 unspecified atom stereocenters. The number of rotatable bonds is 4. The lowest BCUT2D eigenvalue weighted by Gasteiger charge is -2.38. The number of hydrogen-bond donors (Lipinski definition) is 0. The average Bonchev–Trinajstić information content (AvgIpc) is 2.75. The highest BCUT2D eigenvalue weighted by Gasteiger charge is 2.29. The Morgan fingerprint density at radius 1 is 1.35 bits per heavy atom. The second-order valence-electron chi connectivity index (χ2n) is 4.94. The van der Waals surface area contributed by atoms with Crippen molar-refractivity contribution in [1.29, 1.82) is 0 Å². The summed E-state index contributed by atoms with van der Waals surface area (Å²) in [6.45, 7) is 3.89. The Hall–Kier alpha value is -1.95. The zero-order chi connectivity index (χ0) is 14.1. The number of hydrogen-bond acceptors (Lipinski definition) is 4. The maximum atomic E-state index is 13.4. The van der Waals surface area contributed by atoms with Gasteiger partial charge in [0.25, 0.3) is 0 Å². The van der Waals surface area contributed by atoms with Gasteiger partial charge in [0.1, 0.15) is 17.7 Å². The van der Waals surface area contributed by atoms with Gasteiger partial charge >= 0.3 is 0 Å². The van der Waals surface area contributed by atoms with E-state index in [-0.39, 0.29) is 11.9 Å². The molecule has 1 saturated heterocycles. The predicted molar refractivity (Wildman–Crippen MR) is 67.3 cm³/mol. The molecule has 0 aliphatic carbocycles. The first-order valence-electron chi connectivity index (χ1n) is 6.36. The second kappa shape index (κ2) is 5.20. The minimum Gasteiger partial charge on any atom is -0.485 e. The van der Waals surface area contributed by atoms with E-state index in [0.717, 1.165) is 17.5 Å². The highest BCUT2D eigenvalue weighted by molar-refractivity contribution is 5.25. The van der Waals surface area contributed by atoms with Crippen LogP contribution >= 0.6 is 0 Å². The molecular weight excluding hydrogens is 266 g/mol. The maximum absolute atomic E-state index is 13.4. The SMILES string of the molecule is Cc1cc(CN2CC(Oc3ccc(F)cc3F)C2)no1. The standard InChI is InChI=1S/C14H14F2N2O2/c1-9-4-11(17-20-9)6-18-7-12(8-18)19-14-3-2-10(15)5-13(14)16/h2-5,12H,6-8H2,1H3. The van der Waals surface area contributed by atoms with Gasteiger partial charge in [-0.25, -0.2) is 8.78 Å². The third-order valence-corrected chi connectivity index (χ3v) is 3.17. The van der Waals surface area contributed by atoms with Crippen molar-refractivity contribution in [2.75, 3.05) is 13.1 Å². The molecule has 0 N–H and O–H groups in total. The zero-order valence-corrected chi connectivity index (χ0v) is 11.0. The molecule has 0 saturated carbocycles. The van der Waals surface area contributed by atoms with Gasteiger partial charge < -0.3 is 9.26 Å². The van der Waals surface area contributed by atoms with Crippen LogP contribution in [-0.2, 0) is 6.54 Å². The van der Waals surface area contributed by atoms with Crippen molar-refractivity contribution in [2.45, 2.75) is 19.6 Å². The molecule has 1 aromatic carbocycles. The maximum Gasteiger partial charge on any atom is 0.167 e. The van der Waals surface area contributed by atoms with Crippen LogP contribution in [0.1, 0.15) is 11.5 Å². The van der Waals surface area contributed by atoms with E-state index in [0.29, 0.717) is 19.6 Å². The third-order valence-electron chi connectivity index (χ3n) is 3.17. The van der Waals surface area contributed by atoms with Crippen LogP contribution in [0.25, 0.3) is 0 Å². The first-order chi connectivity index (χ1) is 9.60. The quantitative estimate of drug-likeness (QED) is 0.862. The van der Waals surface area contributed by atoms with E-state index >= 15 is 0 Å². The van der Waals surface area contributed by atoms with Crippen LogP contribution in [-0.4, -0.2) is 29.3 Å². The Balaban J connectivity index is 1.50. The van der Waals surface area contributed by atoms with E-state index in [9.17, 15) is 8.78 Å². The molecule has 0 spiro atoms. The zero-order valence-electron chi connectivity index (χ0n) is 11.0. The van der Waals surface area contributed by atoms with Crippen molar-refractivity contribution < 1.29 is 18.0 Å². The largest absolute Gasteiger partial charge is 0.485 e. The molecule has 20 heavy (non-hydrogen) atoms. The molecule has 3 rings (SSSR count). The lowest BCUT2D eigenvalue weighted by molar-refractivity contribution is 0.0110. The summed E-state index contributed by atoms with van der Waals surface area (Å²) in [4.78, 5) is 2.11. The van der Waals surface area contributed by atoms with Crippen molar-refractivity contribution in [1.82, 2.24) is 10.1 Å². The summed E-state index contributed by atoms with van der Waals surface area (Å²) >= 11 is 0. The fourth-order valence-electron chi connectivity index (χ4n) is 2.20. The van der Waals surface area contributed by atoms with E-state index in [1.54, 1.807) is 0 Å². The molecule has 1 aliphatic rings. The van der Waals surface area contributed by atoms with Crippen molar-refractivity contribution in [3.8, 4) is 5.75 Å². The van der Waals surface area contributed by atoms with E-state index in [1.807, 2.05) is 13.0 Å². The summed E-state index contributed by atoms with van der Waals surface area (Å²) in [5, 5.41) is 3.91. The van der Waals surface area contributed by atoms with Crippen LogP contribution < -0.4 is 4.74 Å². The lowest BCUT2D eigenvalue weighted by atomic mass is 10.1. The number of likely N-dealkylation sites (tertiary alicyclic amines) is 1. The molecule has 106 valence electrons. The van der Waals surface area contributed by atoms with Gasteiger partial charge in [0.15, 0.2) is 11.6 Å². The van der Waals surface area contributed by atoms with E-state index in [4.69, 9.17) is 9.26 Å². The monoisotopic (exact) mass is 280 g/mol. The van der Waals surface area contributed by atoms with Gasteiger partial charge in [-0.15, -0.1) is 0 Å². The van der Waals surface area contributed by atoms with Crippen LogP contribution in [0.3, 0.4) is 0 Å². The molecule has 1 fully saturated rings. The van der Waals surface area contributed by atoms with Gasteiger partial charge in [-0.1, -0.05) is 5.16 Å². The third kappa shape index (κ3) is 2.80. The second-order valence-corrected chi connectivity index (χ2v) is 4.94. The summed E-state index contributed by atoms with van der Waals surface area (Å²) in [6, 6.07) is 5.21. The van der Waals surface area contributed by atoms with Crippen LogP contribution in [0.4, 0.5) is 8.78 Å². The molecule has 1 aliphatic heterocycles. The Kier molecular flexibility index (Phi) is 3.40. The van der Waals surface area contributed by atoms with Crippen molar-refractivity contribution in [3.63, 3.8) is 0 Å². The molecule has 4 nitrogen and oxygen atoms in total. The van der Waals surface area contributed by atoms with Crippen molar-refractivity contribution in [2.24, 2.45) is 0 Å². The van der Waals surface area contributed by atoms with Crippen LogP contribution in [0, 0.1) is 18.6 Å². The van der Waals surface area contributed by atoms with Gasteiger partial charge in [-0.05, 0) is 19.1 Å². The first-order valence-corrected chi connectivity index (χ1v) is 6.36. The van der Waals surface area contributed by atoms with Crippen molar-refractivity contribution in [3.05, 3.63) is 47.4 Å². The lowest BCUT2D eigenvalue weighted by Crippen LogP contribution is -2.53. The van der Waals surface area contributed by atoms with Gasteiger partial charge in [0.05, 0.1) is 5.69 Å². The van der Waals surface area contributed by atoms with E-state index < -0.39 is 11.6 Å². The Morgan fingerprint density at radius 3 is 2.80 bits per heavy atom. The number of nitrogens with zero attached hydrogens (tertiary/aromatic N) is 2. The van der Waals surface area contributed by atoms with Gasteiger partial charge in [0.2, 0.25) is 0 Å². The minimum absolute atomic E-state index is 0.0806. The molecule has 1 aromatic heterocycles. The van der Waals surface area contributed by atoms with Gasteiger partial charge in [-0.2, -0.15) is 0 Å². The number of ether oxygens (including phenoxy) is 1. The van der Waals surface area contributed by atoms with Crippen LogP contribution in [0.15, 0.2) is 28.8 Å². The first kappa shape index (κ1) is 13.1. The molecule has 0 amide bonds. The summed E-state index contributed by atoms with van der Waals surface area (Å²) < 4.78 is 36.7. The number of aromatic nitrogens is 1. The van der Waals surface area contributed by atoms with E-state index in [1.165, 1.54) is 12.1 Å². The summed E-state index contributed by atoms with van der Waals surface area (Å²) in [6.07, 6.45) is -0.0806.